The number of hydrogen-bond acceptors (Lipinski definition) is 4. The summed E-state index contributed by atoms with van der Waals surface area (Å²) in [4.78, 5) is 12.9. The fourth-order valence-corrected chi connectivity index (χ4v) is 3.04. The zero-order chi connectivity index (χ0) is 12.3. The average molecular weight is 254 g/mol. The molecule has 94 valence electrons. The highest BCUT2D eigenvalue weighted by atomic mass is 32.1. The molecule has 0 spiro atoms. The second-order valence-corrected chi connectivity index (χ2v) is 5.61. The van der Waals surface area contributed by atoms with Gasteiger partial charge in [-0.25, -0.2) is 0 Å². The maximum Gasteiger partial charge on any atom is 0.242 e. The van der Waals surface area contributed by atoms with Gasteiger partial charge in [-0.05, 0) is 24.3 Å². The number of thiophene rings is 1. The van der Waals surface area contributed by atoms with E-state index in [1.54, 1.807) is 0 Å². The van der Waals surface area contributed by atoms with E-state index in [1.165, 1.54) is 11.3 Å². The lowest BCUT2D eigenvalue weighted by molar-refractivity contribution is -0.124. The normalized spacial score (nSPS) is 20.1. The highest BCUT2D eigenvalue weighted by Crippen LogP contribution is 2.30. The Kier molecular flexibility index (Phi) is 3.81. The summed E-state index contributed by atoms with van der Waals surface area (Å²) in [5.74, 6) is -0.191. The second-order valence-electron chi connectivity index (χ2n) is 4.63. The molecule has 1 atom stereocenters. The smallest absolute Gasteiger partial charge is 0.242 e. The van der Waals surface area contributed by atoms with Gasteiger partial charge in [-0.1, -0.05) is 18.9 Å². The van der Waals surface area contributed by atoms with Gasteiger partial charge in [0.2, 0.25) is 5.91 Å². The van der Waals surface area contributed by atoms with Crippen molar-refractivity contribution in [3.05, 3.63) is 22.4 Å². The van der Waals surface area contributed by atoms with Gasteiger partial charge in [-0.15, -0.1) is 11.3 Å². The van der Waals surface area contributed by atoms with Gasteiger partial charge in [0, 0.05) is 4.88 Å². The van der Waals surface area contributed by atoms with Crippen LogP contribution >= 0.6 is 11.3 Å². The molecule has 1 aliphatic rings. The van der Waals surface area contributed by atoms with Gasteiger partial charge < -0.3 is 16.2 Å². The van der Waals surface area contributed by atoms with Gasteiger partial charge in [0.15, 0.2) is 0 Å². The monoisotopic (exact) mass is 254 g/mol. The van der Waals surface area contributed by atoms with Crippen LogP contribution in [0.3, 0.4) is 0 Å². The van der Waals surface area contributed by atoms with E-state index in [4.69, 9.17) is 5.73 Å². The number of aliphatic hydroxyl groups is 1. The van der Waals surface area contributed by atoms with E-state index in [9.17, 15) is 9.90 Å². The Morgan fingerprint density at radius 2 is 2.29 bits per heavy atom. The van der Waals surface area contributed by atoms with Gasteiger partial charge in [-0.3, -0.25) is 4.79 Å². The third-order valence-electron chi connectivity index (χ3n) is 3.38. The van der Waals surface area contributed by atoms with Crippen LogP contribution in [-0.2, 0) is 4.79 Å². The van der Waals surface area contributed by atoms with E-state index < -0.39 is 11.6 Å². The highest BCUT2D eigenvalue weighted by molar-refractivity contribution is 7.10. The van der Waals surface area contributed by atoms with E-state index in [1.807, 2.05) is 17.5 Å². The summed E-state index contributed by atoms with van der Waals surface area (Å²) < 4.78 is 0. The van der Waals surface area contributed by atoms with Gasteiger partial charge in [0.1, 0.15) is 6.04 Å². The van der Waals surface area contributed by atoms with Crippen LogP contribution in [0.2, 0.25) is 0 Å². The summed E-state index contributed by atoms with van der Waals surface area (Å²) in [6.07, 6.45) is 3.78. The molecular weight excluding hydrogens is 236 g/mol. The Balaban J connectivity index is 2.01. The summed E-state index contributed by atoms with van der Waals surface area (Å²) in [6, 6.07) is 3.11. The molecule has 0 radical (unpaired) electrons. The first kappa shape index (κ1) is 12.5. The first-order valence-corrected chi connectivity index (χ1v) is 6.77. The number of hydrogen-bond donors (Lipinski definition) is 3. The minimum atomic E-state index is -0.626. The van der Waals surface area contributed by atoms with Crippen molar-refractivity contribution < 1.29 is 9.90 Å². The SMILES string of the molecule is NC(C(=O)NC1(CO)CCCC1)c1cccs1. The van der Waals surface area contributed by atoms with Crippen LogP contribution in [0.15, 0.2) is 17.5 Å². The van der Waals surface area contributed by atoms with E-state index in [2.05, 4.69) is 5.32 Å². The molecule has 0 bridgehead atoms. The van der Waals surface area contributed by atoms with Crippen LogP contribution in [0, 0.1) is 0 Å². The molecule has 4 N–H and O–H groups in total. The standard InChI is InChI=1S/C12H18N2O2S/c13-10(9-4-3-7-17-9)11(16)14-12(8-15)5-1-2-6-12/h3-4,7,10,15H,1-2,5-6,8,13H2,(H,14,16). The van der Waals surface area contributed by atoms with Crippen molar-refractivity contribution in [1.29, 1.82) is 0 Å². The molecule has 1 aromatic rings. The third kappa shape index (κ3) is 2.68. The summed E-state index contributed by atoms with van der Waals surface area (Å²) in [6.45, 7) is -0.00407. The van der Waals surface area contributed by atoms with Crippen molar-refractivity contribution in [3.8, 4) is 0 Å². The Hall–Kier alpha value is -0.910. The van der Waals surface area contributed by atoms with Crippen LogP contribution in [0.25, 0.3) is 0 Å². The Morgan fingerprint density at radius 1 is 1.59 bits per heavy atom. The van der Waals surface area contributed by atoms with Crippen LogP contribution in [-0.4, -0.2) is 23.2 Å². The van der Waals surface area contributed by atoms with Crippen molar-refractivity contribution in [2.75, 3.05) is 6.61 Å². The van der Waals surface area contributed by atoms with E-state index in [0.29, 0.717) is 0 Å². The summed E-state index contributed by atoms with van der Waals surface area (Å²) in [5, 5.41) is 14.3. The predicted molar refractivity (Wildman–Crippen MR) is 67.7 cm³/mol. The van der Waals surface area contributed by atoms with Crippen molar-refractivity contribution in [3.63, 3.8) is 0 Å². The lowest BCUT2D eigenvalue weighted by Crippen LogP contribution is -2.51. The van der Waals surface area contributed by atoms with Gasteiger partial charge >= 0.3 is 0 Å². The maximum absolute atomic E-state index is 12.0. The molecule has 1 heterocycles. The molecule has 0 aromatic carbocycles. The van der Waals surface area contributed by atoms with Crippen molar-refractivity contribution in [2.45, 2.75) is 37.3 Å². The molecule has 1 fully saturated rings. The minimum absolute atomic E-state index is 0.00407. The molecule has 17 heavy (non-hydrogen) atoms. The first-order chi connectivity index (χ1) is 8.17. The maximum atomic E-state index is 12.0. The number of nitrogens with two attached hydrogens (primary N) is 1. The van der Waals surface area contributed by atoms with Crippen molar-refractivity contribution in [2.24, 2.45) is 5.73 Å². The molecule has 4 nitrogen and oxygen atoms in total. The van der Waals surface area contributed by atoms with E-state index in [-0.39, 0.29) is 12.5 Å². The molecule has 2 rings (SSSR count). The molecular formula is C12H18N2O2S. The zero-order valence-electron chi connectivity index (χ0n) is 9.69. The number of nitrogens with one attached hydrogen (secondary N) is 1. The lowest BCUT2D eigenvalue weighted by atomic mass is 9.98. The first-order valence-electron chi connectivity index (χ1n) is 5.89. The van der Waals surface area contributed by atoms with Gasteiger partial charge in [0.25, 0.3) is 0 Å². The molecule has 0 aliphatic heterocycles. The van der Waals surface area contributed by atoms with Crippen molar-refractivity contribution >= 4 is 17.2 Å². The Labute approximate surface area is 105 Å². The summed E-state index contributed by atoms with van der Waals surface area (Å²) in [5.41, 5.74) is 5.45. The largest absolute Gasteiger partial charge is 0.394 e. The van der Waals surface area contributed by atoms with E-state index in [0.717, 1.165) is 30.6 Å². The minimum Gasteiger partial charge on any atom is -0.394 e. The highest BCUT2D eigenvalue weighted by Gasteiger charge is 2.36. The predicted octanol–water partition coefficient (Wildman–Crippen LogP) is 1.17. The van der Waals surface area contributed by atoms with E-state index >= 15 is 0 Å². The van der Waals surface area contributed by atoms with Gasteiger partial charge in [-0.2, -0.15) is 0 Å². The average Bonchev–Trinajstić information content (AvgIpc) is 2.99. The summed E-state index contributed by atoms with van der Waals surface area (Å²) >= 11 is 1.48. The second kappa shape index (κ2) is 5.16. The fraction of sp³-hybridized carbons (Fsp3) is 0.583. The quantitative estimate of drug-likeness (QED) is 0.755. The van der Waals surface area contributed by atoms with Crippen LogP contribution < -0.4 is 11.1 Å². The molecule has 5 heteroatoms. The topological polar surface area (TPSA) is 75.4 Å². The number of carbonyl (C=O) groups is 1. The molecule has 1 aliphatic carbocycles. The fourth-order valence-electron chi connectivity index (χ4n) is 2.31. The summed E-state index contributed by atoms with van der Waals surface area (Å²) in [7, 11) is 0. The molecule has 1 aromatic heterocycles. The van der Waals surface area contributed by atoms with Crippen molar-refractivity contribution in [1.82, 2.24) is 5.32 Å². The van der Waals surface area contributed by atoms with Gasteiger partial charge in [0.05, 0.1) is 12.1 Å². The number of carbonyl (C=O) groups excluding carboxylic acids is 1. The van der Waals surface area contributed by atoms with Crippen LogP contribution in [0.4, 0.5) is 0 Å². The lowest BCUT2D eigenvalue weighted by Gasteiger charge is -2.29. The van der Waals surface area contributed by atoms with Crippen LogP contribution in [0.1, 0.15) is 36.6 Å². The zero-order valence-corrected chi connectivity index (χ0v) is 10.5. The number of rotatable bonds is 4. The molecule has 0 saturated heterocycles. The Bertz CT molecular complexity index is 372. The molecule has 1 amide bonds. The molecule has 1 saturated carbocycles. The number of aliphatic hydroxyl groups excluding tert-OH is 1. The molecule has 1 unspecified atom stereocenters. The Morgan fingerprint density at radius 3 is 2.82 bits per heavy atom. The third-order valence-corrected chi connectivity index (χ3v) is 4.34. The number of amides is 1. The van der Waals surface area contributed by atoms with Crippen LogP contribution in [0.5, 0.6) is 0 Å².